The highest BCUT2D eigenvalue weighted by Gasteiger charge is 2.30. The van der Waals surface area contributed by atoms with Crippen molar-refractivity contribution < 1.29 is 19.0 Å². The van der Waals surface area contributed by atoms with Crippen LogP contribution in [0.1, 0.15) is 53.9 Å². The van der Waals surface area contributed by atoms with E-state index in [0.29, 0.717) is 31.1 Å². The van der Waals surface area contributed by atoms with Crippen molar-refractivity contribution in [2.45, 2.75) is 71.6 Å². The summed E-state index contributed by atoms with van der Waals surface area (Å²) in [4.78, 5) is 21.0. The number of ether oxygens (including phenoxy) is 3. The Kier molecular flexibility index (Phi) is 7.03. The molecule has 0 aromatic heterocycles. The molecule has 0 radical (unpaired) electrons. The van der Waals surface area contributed by atoms with Crippen molar-refractivity contribution in [2.75, 3.05) is 14.2 Å². The molecule has 0 amide bonds. The summed E-state index contributed by atoms with van der Waals surface area (Å²) in [6.45, 7) is 9.73. The van der Waals surface area contributed by atoms with Crippen LogP contribution >= 0.6 is 0 Å². The number of rotatable bonds is 5. The highest BCUT2D eigenvalue weighted by atomic mass is 16.6. The van der Waals surface area contributed by atoms with Gasteiger partial charge in [-0.2, -0.15) is 0 Å². The van der Waals surface area contributed by atoms with Gasteiger partial charge in [-0.05, 0) is 39.5 Å². The maximum atomic E-state index is 11.8. The molecule has 1 aliphatic heterocycles. The van der Waals surface area contributed by atoms with Gasteiger partial charge in [0.05, 0.1) is 14.2 Å². The van der Waals surface area contributed by atoms with Crippen molar-refractivity contribution in [2.24, 2.45) is 15.9 Å². The van der Waals surface area contributed by atoms with Crippen molar-refractivity contribution >= 4 is 17.8 Å². The van der Waals surface area contributed by atoms with Crippen LogP contribution in [0.4, 0.5) is 0 Å². The minimum atomic E-state index is -0.451. The van der Waals surface area contributed by atoms with Crippen LogP contribution in [0.15, 0.2) is 9.98 Å². The third kappa shape index (κ3) is 6.20. The van der Waals surface area contributed by atoms with Gasteiger partial charge in [0, 0.05) is 6.42 Å². The van der Waals surface area contributed by atoms with E-state index in [2.05, 4.69) is 23.8 Å². The van der Waals surface area contributed by atoms with Gasteiger partial charge in [-0.1, -0.05) is 13.8 Å². The molecule has 0 fully saturated rings. The van der Waals surface area contributed by atoms with Gasteiger partial charge in [0.2, 0.25) is 11.8 Å². The van der Waals surface area contributed by atoms with E-state index in [9.17, 15) is 4.79 Å². The predicted octanol–water partition coefficient (Wildman–Crippen LogP) is 3.00. The first-order valence-corrected chi connectivity index (χ1v) is 8.13. The summed E-state index contributed by atoms with van der Waals surface area (Å²) in [6, 6.07) is -0.315. The molecule has 0 N–H and O–H groups in total. The Bertz CT molecular complexity index is 464. The summed E-state index contributed by atoms with van der Waals surface area (Å²) in [6.07, 6.45) is 1.69. The first-order valence-electron chi connectivity index (χ1n) is 8.13. The summed E-state index contributed by atoms with van der Waals surface area (Å²) in [5.74, 6) is 1.32. The quantitative estimate of drug-likeness (QED) is 0.728. The lowest BCUT2D eigenvalue weighted by molar-refractivity contribution is -0.154. The SMILES string of the molecule is COC1=N[C@H](C(C)C)C(OC)=N[C@H]1CCCC(=O)OC(C)(C)C. The second-order valence-electron chi connectivity index (χ2n) is 7.03. The van der Waals surface area contributed by atoms with Crippen LogP contribution in [0.2, 0.25) is 0 Å². The van der Waals surface area contributed by atoms with Gasteiger partial charge in [-0.3, -0.25) is 4.79 Å². The Hall–Kier alpha value is -1.59. The number of aliphatic imine (C=N–C) groups is 2. The van der Waals surface area contributed by atoms with Crippen LogP contribution in [0.25, 0.3) is 0 Å². The Morgan fingerprint density at radius 1 is 1.13 bits per heavy atom. The third-order valence-electron chi connectivity index (χ3n) is 3.42. The van der Waals surface area contributed by atoms with Crippen LogP contribution in [0.5, 0.6) is 0 Å². The fraction of sp³-hybridized carbons (Fsp3) is 0.824. The van der Waals surface area contributed by atoms with Crippen LogP contribution in [0, 0.1) is 5.92 Å². The zero-order valence-corrected chi connectivity index (χ0v) is 15.4. The lowest BCUT2D eigenvalue weighted by Crippen LogP contribution is -2.37. The van der Waals surface area contributed by atoms with Crippen molar-refractivity contribution in [3.8, 4) is 0 Å². The summed E-state index contributed by atoms with van der Waals surface area (Å²) >= 11 is 0. The molecule has 0 unspecified atom stereocenters. The molecule has 2 atom stereocenters. The highest BCUT2D eigenvalue weighted by Crippen LogP contribution is 2.20. The third-order valence-corrected chi connectivity index (χ3v) is 3.42. The smallest absolute Gasteiger partial charge is 0.306 e. The number of carbonyl (C=O) groups is 1. The van der Waals surface area contributed by atoms with E-state index < -0.39 is 5.60 Å². The van der Waals surface area contributed by atoms with Gasteiger partial charge in [0.25, 0.3) is 0 Å². The van der Waals surface area contributed by atoms with Gasteiger partial charge >= 0.3 is 5.97 Å². The molecule has 6 nitrogen and oxygen atoms in total. The Morgan fingerprint density at radius 2 is 1.74 bits per heavy atom. The predicted molar refractivity (Wildman–Crippen MR) is 91.0 cm³/mol. The molecule has 1 aliphatic rings. The standard InChI is InChI=1S/C17H30N2O4/c1-11(2)14-16(22-7)18-12(15(19-14)21-6)9-8-10-13(20)23-17(3,4)5/h11-12,14H,8-10H2,1-7H3/t12-,14+/m0/s1. The van der Waals surface area contributed by atoms with Crippen LogP contribution < -0.4 is 0 Å². The average Bonchev–Trinajstić information content (AvgIpc) is 2.44. The molecular weight excluding hydrogens is 296 g/mol. The minimum Gasteiger partial charge on any atom is -0.483 e. The maximum Gasteiger partial charge on any atom is 0.306 e. The Morgan fingerprint density at radius 3 is 2.22 bits per heavy atom. The number of nitrogens with zero attached hydrogens (tertiary/aromatic N) is 2. The van der Waals surface area contributed by atoms with Crippen LogP contribution in [-0.2, 0) is 19.0 Å². The topological polar surface area (TPSA) is 69.5 Å². The van der Waals surface area contributed by atoms with E-state index in [4.69, 9.17) is 14.2 Å². The van der Waals surface area contributed by atoms with E-state index >= 15 is 0 Å². The molecule has 0 aliphatic carbocycles. The first kappa shape index (κ1) is 19.5. The van der Waals surface area contributed by atoms with Gasteiger partial charge < -0.3 is 14.2 Å². The van der Waals surface area contributed by atoms with Gasteiger partial charge in [0.1, 0.15) is 17.7 Å². The van der Waals surface area contributed by atoms with Crippen molar-refractivity contribution in [1.29, 1.82) is 0 Å². The normalized spacial score (nSPS) is 21.6. The fourth-order valence-electron chi connectivity index (χ4n) is 2.38. The molecule has 23 heavy (non-hydrogen) atoms. The van der Waals surface area contributed by atoms with Gasteiger partial charge in [-0.25, -0.2) is 9.98 Å². The molecular formula is C17H30N2O4. The number of esters is 1. The second-order valence-corrected chi connectivity index (χ2v) is 7.03. The number of carbonyl (C=O) groups excluding carboxylic acids is 1. The monoisotopic (exact) mass is 326 g/mol. The van der Waals surface area contributed by atoms with Crippen LogP contribution in [0.3, 0.4) is 0 Å². The van der Waals surface area contributed by atoms with Crippen molar-refractivity contribution in [3.05, 3.63) is 0 Å². The number of hydrogen-bond acceptors (Lipinski definition) is 6. The lowest BCUT2D eigenvalue weighted by atomic mass is 10.0. The largest absolute Gasteiger partial charge is 0.483 e. The number of methoxy groups -OCH3 is 2. The zero-order chi connectivity index (χ0) is 17.6. The summed E-state index contributed by atoms with van der Waals surface area (Å²) in [7, 11) is 3.21. The molecule has 0 spiro atoms. The van der Waals surface area contributed by atoms with Crippen molar-refractivity contribution in [1.82, 2.24) is 0 Å². The summed E-state index contributed by atoms with van der Waals surface area (Å²) in [5, 5.41) is 0. The molecule has 0 aromatic rings. The van der Waals surface area contributed by atoms with Crippen molar-refractivity contribution in [3.63, 3.8) is 0 Å². The average molecular weight is 326 g/mol. The molecule has 0 saturated heterocycles. The molecule has 1 rings (SSSR count). The Labute approximate surface area is 139 Å². The van der Waals surface area contributed by atoms with E-state index in [1.54, 1.807) is 14.2 Å². The molecule has 0 saturated carbocycles. The fourth-order valence-corrected chi connectivity index (χ4v) is 2.38. The van der Waals surface area contributed by atoms with Gasteiger partial charge in [0.15, 0.2) is 0 Å². The van der Waals surface area contributed by atoms with E-state index in [1.165, 1.54) is 0 Å². The molecule has 0 aromatic carbocycles. The van der Waals surface area contributed by atoms with Gasteiger partial charge in [-0.15, -0.1) is 0 Å². The van der Waals surface area contributed by atoms with Crippen LogP contribution in [-0.4, -0.2) is 49.7 Å². The molecule has 132 valence electrons. The Balaban J connectivity index is 2.63. The minimum absolute atomic E-state index is 0.114. The number of hydrogen-bond donors (Lipinski definition) is 0. The molecule has 1 heterocycles. The second kappa shape index (κ2) is 8.31. The first-order chi connectivity index (χ1) is 10.7. The molecule has 0 bridgehead atoms. The maximum absolute atomic E-state index is 11.8. The van der Waals surface area contributed by atoms with E-state index in [1.807, 2.05) is 20.8 Å². The summed E-state index contributed by atoms with van der Waals surface area (Å²) < 4.78 is 16.1. The van der Waals surface area contributed by atoms with E-state index in [0.717, 1.165) is 0 Å². The molecule has 6 heteroatoms. The zero-order valence-electron chi connectivity index (χ0n) is 15.4. The highest BCUT2D eigenvalue weighted by molar-refractivity contribution is 5.94. The summed E-state index contributed by atoms with van der Waals surface area (Å²) in [5.41, 5.74) is -0.451. The lowest BCUT2D eigenvalue weighted by Gasteiger charge is -2.27. The van der Waals surface area contributed by atoms with E-state index in [-0.39, 0.29) is 24.0 Å².